The number of nitrogens with zero attached hydrogens (tertiary/aromatic N) is 1. The maximum absolute atomic E-state index is 6.55. The van der Waals surface area contributed by atoms with Crippen LogP contribution in [0.3, 0.4) is 0 Å². The monoisotopic (exact) mass is 416 g/mol. The van der Waals surface area contributed by atoms with E-state index in [0.29, 0.717) is 0 Å². The molecule has 0 atom stereocenters. The molecule has 0 radical (unpaired) electrons. The fourth-order valence-electron chi connectivity index (χ4n) is 4.49. The molecule has 0 fully saturated rings. The zero-order valence-electron chi connectivity index (χ0n) is 18.0. The molecule has 6 rings (SSSR count). The summed E-state index contributed by atoms with van der Waals surface area (Å²) in [6, 6.07) is 33.1. The van der Waals surface area contributed by atoms with E-state index in [1.165, 1.54) is 0 Å². The van der Waals surface area contributed by atoms with Gasteiger partial charge in [-0.15, -0.1) is 4.57 Å². The van der Waals surface area contributed by atoms with Crippen molar-refractivity contribution in [1.29, 1.82) is 0 Å². The fourth-order valence-corrected chi connectivity index (χ4v) is 4.49. The van der Waals surface area contributed by atoms with Crippen molar-refractivity contribution in [2.45, 2.75) is 13.8 Å². The average molecular weight is 417 g/mol. The summed E-state index contributed by atoms with van der Waals surface area (Å²) >= 11 is 0. The largest absolute Gasteiger partial charge is 0.456 e. The molecule has 2 heterocycles. The normalized spacial score (nSPS) is 11.4. The minimum Gasteiger partial charge on any atom is -0.456 e. The lowest BCUT2D eigenvalue weighted by Gasteiger charge is -2.02. The van der Waals surface area contributed by atoms with Crippen molar-refractivity contribution in [3.05, 3.63) is 108 Å². The van der Waals surface area contributed by atoms with Gasteiger partial charge in [0.05, 0.1) is 5.56 Å². The molecule has 2 aromatic heterocycles. The maximum atomic E-state index is 6.55. The van der Waals surface area contributed by atoms with Crippen LogP contribution in [0.5, 0.6) is 0 Å². The predicted molar refractivity (Wildman–Crippen MR) is 128 cm³/mol. The molecule has 0 unspecified atom stereocenters. The molecule has 0 amide bonds. The molecule has 32 heavy (non-hydrogen) atoms. The van der Waals surface area contributed by atoms with E-state index >= 15 is 0 Å². The number of aromatic nitrogens is 1. The van der Waals surface area contributed by atoms with Crippen LogP contribution in [-0.4, -0.2) is 0 Å². The van der Waals surface area contributed by atoms with Crippen LogP contribution < -0.4 is 4.57 Å². The first-order chi connectivity index (χ1) is 15.7. The Morgan fingerprint density at radius 3 is 2.00 bits per heavy atom. The molecule has 154 valence electrons. The molecule has 6 aromatic rings. The van der Waals surface area contributed by atoms with Crippen LogP contribution in [0.25, 0.3) is 50.4 Å². The quantitative estimate of drug-likeness (QED) is 0.281. The second kappa shape index (κ2) is 7.24. The molecule has 0 aliphatic heterocycles. The van der Waals surface area contributed by atoms with Gasteiger partial charge >= 0.3 is 5.89 Å². The molecular formula is C29H22NO2+. The van der Waals surface area contributed by atoms with Gasteiger partial charge in [0.15, 0.2) is 0 Å². The van der Waals surface area contributed by atoms with Crippen molar-refractivity contribution >= 4 is 21.9 Å². The van der Waals surface area contributed by atoms with Crippen LogP contribution >= 0.6 is 0 Å². The fraction of sp³-hybridized carbons (Fsp3) is 0.0690. The van der Waals surface area contributed by atoms with E-state index in [2.05, 4.69) is 66.9 Å². The summed E-state index contributed by atoms with van der Waals surface area (Å²) in [6.07, 6.45) is 0. The van der Waals surface area contributed by atoms with Gasteiger partial charge in [-0.2, -0.15) is 0 Å². The number of fused-ring (bicyclic) bond motifs is 3. The van der Waals surface area contributed by atoms with Gasteiger partial charge in [0.25, 0.3) is 0 Å². The van der Waals surface area contributed by atoms with Crippen LogP contribution in [0, 0.1) is 13.8 Å². The van der Waals surface area contributed by atoms with Crippen molar-refractivity contribution in [1.82, 2.24) is 0 Å². The van der Waals surface area contributed by atoms with E-state index in [9.17, 15) is 0 Å². The highest BCUT2D eigenvalue weighted by atomic mass is 16.4. The molecule has 0 saturated heterocycles. The number of benzene rings is 4. The lowest BCUT2D eigenvalue weighted by molar-refractivity contribution is -0.593. The molecule has 0 bridgehead atoms. The average Bonchev–Trinajstić information content (AvgIpc) is 3.36. The predicted octanol–water partition coefficient (Wildman–Crippen LogP) is 7.41. The number of rotatable bonds is 3. The molecular weight excluding hydrogens is 394 g/mol. The van der Waals surface area contributed by atoms with E-state index in [1.807, 2.05) is 48.5 Å². The van der Waals surface area contributed by atoms with Gasteiger partial charge in [0.1, 0.15) is 11.2 Å². The molecule has 3 nitrogen and oxygen atoms in total. The second-order valence-corrected chi connectivity index (χ2v) is 8.12. The number of oxazole rings is 1. The summed E-state index contributed by atoms with van der Waals surface area (Å²) in [6.45, 7) is 4.24. The third-order valence-electron chi connectivity index (χ3n) is 6.06. The van der Waals surface area contributed by atoms with Crippen molar-refractivity contribution in [3.63, 3.8) is 0 Å². The second-order valence-electron chi connectivity index (χ2n) is 8.12. The van der Waals surface area contributed by atoms with E-state index in [-0.39, 0.29) is 0 Å². The number of hydrogen-bond donors (Lipinski definition) is 0. The smallest absolute Gasteiger partial charge is 0.387 e. The van der Waals surface area contributed by atoms with Crippen LogP contribution in [0.2, 0.25) is 0 Å². The highest BCUT2D eigenvalue weighted by Crippen LogP contribution is 2.34. The van der Waals surface area contributed by atoms with E-state index in [1.54, 1.807) is 0 Å². The number of hydrogen-bond acceptors (Lipinski definition) is 2. The van der Waals surface area contributed by atoms with Gasteiger partial charge in [0.2, 0.25) is 17.1 Å². The summed E-state index contributed by atoms with van der Waals surface area (Å²) in [5.41, 5.74) is 7.18. The van der Waals surface area contributed by atoms with Gasteiger partial charge in [-0.1, -0.05) is 66.7 Å². The molecule has 0 saturated carbocycles. The first-order valence-electron chi connectivity index (χ1n) is 10.8. The van der Waals surface area contributed by atoms with Crippen LogP contribution in [-0.2, 0) is 0 Å². The standard InChI is InChI=1S/C29H22NO2/c1-19-17-27-24(23-15-9-10-16-26(23)31-27)18-25(19)30-20(2)28(21-11-5-3-6-12-21)32-29(30)22-13-7-4-8-14-22/h3-18H,1-2H3/q+1. The van der Waals surface area contributed by atoms with Gasteiger partial charge in [0, 0.05) is 34.9 Å². The first kappa shape index (κ1) is 18.6. The Hall–Kier alpha value is -4.11. The van der Waals surface area contributed by atoms with Crippen molar-refractivity contribution in [2.75, 3.05) is 0 Å². The Labute approximate surface area is 186 Å². The van der Waals surface area contributed by atoms with E-state index in [4.69, 9.17) is 8.83 Å². The zero-order valence-corrected chi connectivity index (χ0v) is 18.0. The maximum Gasteiger partial charge on any atom is 0.387 e. The van der Waals surface area contributed by atoms with E-state index in [0.717, 1.165) is 61.7 Å². The molecule has 3 heteroatoms. The third-order valence-corrected chi connectivity index (χ3v) is 6.06. The van der Waals surface area contributed by atoms with Crippen LogP contribution in [0.4, 0.5) is 0 Å². The molecule has 4 aromatic carbocycles. The number of furan rings is 1. The number of aryl methyl sites for hydroxylation is 1. The van der Waals surface area contributed by atoms with E-state index < -0.39 is 0 Å². The zero-order chi connectivity index (χ0) is 21.7. The topological polar surface area (TPSA) is 30.2 Å². The lowest BCUT2D eigenvalue weighted by atomic mass is 10.1. The Morgan fingerprint density at radius 1 is 0.594 bits per heavy atom. The van der Waals surface area contributed by atoms with Crippen LogP contribution in [0.1, 0.15) is 11.3 Å². The molecule has 0 aliphatic carbocycles. The SMILES string of the molecule is Cc1cc2oc3ccccc3c2cc1-[n+]1c(-c2ccccc2)oc(-c2ccccc2)c1C. The van der Waals surface area contributed by atoms with Gasteiger partial charge in [-0.05, 0) is 31.2 Å². The molecule has 0 N–H and O–H groups in total. The summed E-state index contributed by atoms with van der Waals surface area (Å²) in [7, 11) is 0. The summed E-state index contributed by atoms with van der Waals surface area (Å²) in [5, 5.41) is 2.23. The molecule has 0 aliphatic rings. The van der Waals surface area contributed by atoms with Crippen molar-refractivity contribution in [3.8, 4) is 28.5 Å². The van der Waals surface area contributed by atoms with Crippen molar-refractivity contribution < 1.29 is 13.4 Å². The Balaban J connectivity index is 1.67. The highest BCUT2D eigenvalue weighted by molar-refractivity contribution is 6.05. The Kier molecular flexibility index (Phi) is 4.22. The van der Waals surface area contributed by atoms with Gasteiger partial charge < -0.3 is 8.83 Å². The summed E-state index contributed by atoms with van der Waals surface area (Å²) in [4.78, 5) is 0. The lowest BCUT2D eigenvalue weighted by Crippen LogP contribution is -2.35. The van der Waals surface area contributed by atoms with Crippen molar-refractivity contribution in [2.24, 2.45) is 0 Å². The van der Waals surface area contributed by atoms with Gasteiger partial charge in [-0.25, -0.2) is 0 Å². The summed E-state index contributed by atoms with van der Waals surface area (Å²) < 4.78 is 14.9. The highest BCUT2D eigenvalue weighted by Gasteiger charge is 2.31. The minimum atomic E-state index is 0.817. The number of para-hydroxylation sites is 1. The first-order valence-corrected chi connectivity index (χ1v) is 10.8. The third kappa shape index (κ3) is 2.86. The minimum absolute atomic E-state index is 0.817. The summed E-state index contributed by atoms with van der Waals surface area (Å²) in [5.74, 6) is 1.69. The van der Waals surface area contributed by atoms with Gasteiger partial charge in [-0.3, -0.25) is 0 Å². The molecule has 0 spiro atoms. The Morgan fingerprint density at radius 2 is 1.25 bits per heavy atom. The van der Waals surface area contributed by atoms with Crippen LogP contribution in [0.15, 0.2) is 106 Å². The Bertz CT molecular complexity index is 1570.